The van der Waals surface area contributed by atoms with E-state index in [0.29, 0.717) is 11.7 Å². The van der Waals surface area contributed by atoms with Gasteiger partial charge >= 0.3 is 0 Å². The Hall–Kier alpha value is -3.10. The number of benzene rings is 2. The number of hydrogen-bond donors (Lipinski definition) is 0. The van der Waals surface area contributed by atoms with E-state index in [1.165, 1.54) is 22.3 Å². The van der Waals surface area contributed by atoms with Gasteiger partial charge in [0.05, 0.1) is 34.7 Å². The van der Waals surface area contributed by atoms with Crippen molar-refractivity contribution in [2.24, 2.45) is 0 Å². The van der Waals surface area contributed by atoms with Crippen molar-refractivity contribution in [3.05, 3.63) is 66.5 Å². The molecule has 8 heteroatoms. The average molecular weight is 405 g/mol. The normalized spacial score (nSPS) is 16.3. The summed E-state index contributed by atoms with van der Waals surface area (Å²) in [6, 6.07) is 17.4. The molecule has 1 fully saturated rings. The Kier molecular flexibility index (Phi) is 4.79. The number of para-hydroxylation sites is 2. The summed E-state index contributed by atoms with van der Waals surface area (Å²) >= 11 is 1.50. The van der Waals surface area contributed by atoms with Crippen LogP contribution in [0.2, 0.25) is 0 Å². The summed E-state index contributed by atoms with van der Waals surface area (Å²) in [5.74, 6) is -0.221. The van der Waals surface area contributed by atoms with E-state index in [-0.39, 0.29) is 17.7 Å². The molecule has 0 N–H and O–H groups in total. The predicted molar refractivity (Wildman–Crippen MR) is 112 cm³/mol. The first-order valence-corrected chi connectivity index (χ1v) is 10.4. The number of amides is 1. The number of aromatic nitrogens is 4. The van der Waals surface area contributed by atoms with E-state index in [1.54, 1.807) is 4.90 Å². The number of thiazole rings is 1. The zero-order chi connectivity index (χ0) is 19.6. The fraction of sp³-hybridized carbons (Fsp3) is 0.238. The van der Waals surface area contributed by atoms with Crippen molar-refractivity contribution in [1.82, 2.24) is 20.0 Å². The van der Waals surface area contributed by atoms with Crippen molar-refractivity contribution < 1.29 is 9.53 Å². The summed E-state index contributed by atoms with van der Waals surface area (Å²) in [7, 11) is 0. The van der Waals surface area contributed by atoms with Crippen LogP contribution < -0.4 is 4.90 Å². The lowest BCUT2D eigenvalue weighted by molar-refractivity contribution is 0.0913. The van der Waals surface area contributed by atoms with Crippen molar-refractivity contribution in [3.63, 3.8) is 0 Å². The van der Waals surface area contributed by atoms with Crippen LogP contribution in [0.4, 0.5) is 5.13 Å². The maximum atomic E-state index is 13.4. The second-order valence-electron chi connectivity index (χ2n) is 6.87. The first kappa shape index (κ1) is 18.0. The molecule has 1 aliphatic heterocycles. The van der Waals surface area contributed by atoms with Crippen LogP contribution in [0, 0.1) is 0 Å². The number of ether oxygens (including phenoxy) is 1. The summed E-state index contributed by atoms with van der Waals surface area (Å²) in [6.07, 6.45) is 3.46. The van der Waals surface area contributed by atoms with Crippen LogP contribution in [0.5, 0.6) is 0 Å². The molecule has 4 aromatic rings. The lowest BCUT2D eigenvalue weighted by Crippen LogP contribution is -2.37. The Bertz CT molecular complexity index is 1100. The Morgan fingerprint density at radius 2 is 2.00 bits per heavy atom. The highest BCUT2D eigenvalue weighted by Gasteiger charge is 2.28. The number of carbonyl (C=O) groups is 1. The van der Waals surface area contributed by atoms with E-state index in [0.717, 1.165) is 35.4 Å². The van der Waals surface area contributed by atoms with Gasteiger partial charge in [0.25, 0.3) is 5.91 Å². The van der Waals surface area contributed by atoms with Gasteiger partial charge in [0.15, 0.2) is 10.8 Å². The largest absolute Gasteiger partial charge is 0.376 e. The van der Waals surface area contributed by atoms with E-state index < -0.39 is 0 Å². The molecular formula is C21H19N5O2S. The Morgan fingerprint density at radius 1 is 1.17 bits per heavy atom. The first-order chi connectivity index (χ1) is 14.3. The van der Waals surface area contributed by atoms with Gasteiger partial charge in [-0.1, -0.05) is 41.7 Å². The molecule has 1 saturated heterocycles. The third-order valence-corrected chi connectivity index (χ3v) is 5.93. The second kappa shape index (κ2) is 7.73. The maximum absolute atomic E-state index is 13.4. The van der Waals surface area contributed by atoms with Gasteiger partial charge in [-0.3, -0.25) is 9.69 Å². The minimum absolute atomic E-state index is 0.00938. The van der Waals surface area contributed by atoms with Gasteiger partial charge in [-0.15, -0.1) is 5.10 Å². The van der Waals surface area contributed by atoms with Crippen LogP contribution in [0.1, 0.15) is 23.3 Å². The number of hydrogen-bond acceptors (Lipinski definition) is 6. The number of rotatable bonds is 5. The van der Waals surface area contributed by atoms with Gasteiger partial charge in [0.2, 0.25) is 0 Å². The SMILES string of the molecule is O=C(c1cnn(-c2ccccc2)n1)N(C[C@H]1CCCO1)c1nc2ccccc2s1. The lowest BCUT2D eigenvalue weighted by Gasteiger charge is -2.22. The van der Waals surface area contributed by atoms with E-state index in [4.69, 9.17) is 4.74 Å². The standard InChI is InChI=1S/C21H19N5O2S/c27-20(18-13-22-26(24-18)15-7-2-1-3-8-15)25(14-16-9-6-12-28-16)21-23-17-10-4-5-11-19(17)29-21/h1-5,7-8,10-11,13,16H,6,9,12,14H2/t16-/m1/s1. The molecule has 0 saturated carbocycles. The summed E-state index contributed by atoms with van der Waals surface area (Å²) in [5, 5.41) is 9.33. The molecule has 0 bridgehead atoms. The summed E-state index contributed by atoms with van der Waals surface area (Å²) in [4.78, 5) is 21.2. The summed E-state index contributed by atoms with van der Waals surface area (Å²) < 4.78 is 6.82. The summed E-state index contributed by atoms with van der Waals surface area (Å²) in [6.45, 7) is 1.19. The van der Waals surface area contributed by atoms with Crippen molar-refractivity contribution in [2.45, 2.75) is 18.9 Å². The fourth-order valence-corrected chi connectivity index (χ4v) is 4.37. The van der Waals surface area contributed by atoms with Crippen LogP contribution in [0.15, 0.2) is 60.8 Å². The zero-order valence-electron chi connectivity index (χ0n) is 15.6. The first-order valence-electron chi connectivity index (χ1n) is 9.55. The molecule has 146 valence electrons. The van der Waals surface area contributed by atoms with Gasteiger partial charge in [-0.25, -0.2) is 4.98 Å². The van der Waals surface area contributed by atoms with Crippen LogP contribution in [0.3, 0.4) is 0 Å². The molecule has 2 aromatic heterocycles. The molecule has 3 heterocycles. The van der Waals surface area contributed by atoms with Crippen molar-refractivity contribution in [3.8, 4) is 5.69 Å². The quantitative estimate of drug-likeness (QED) is 0.506. The lowest BCUT2D eigenvalue weighted by atomic mass is 10.2. The molecular weight excluding hydrogens is 386 g/mol. The minimum Gasteiger partial charge on any atom is -0.376 e. The minimum atomic E-state index is -0.221. The third kappa shape index (κ3) is 3.64. The van der Waals surface area contributed by atoms with Crippen molar-refractivity contribution >= 4 is 32.6 Å². The van der Waals surface area contributed by atoms with E-state index in [2.05, 4.69) is 15.2 Å². The van der Waals surface area contributed by atoms with Gasteiger partial charge in [0.1, 0.15) is 0 Å². The highest BCUT2D eigenvalue weighted by molar-refractivity contribution is 7.22. The van der Waals surface area contributed by atoms with Crippen LogP contribution in [0.25, 0.3) is 15.9 Å². The van der Waals surface area contributed by atoms with Crippen LogP contribution >= 0.6 is 11.3 Å². The van der Waals surface area contributed by atoms with Gasteiger partial charge in [0, 0.05) is 6.61 Å². The molecule has 0 spiro atoms. The number of nitrogens with zero attached hydrogens (tertiary/aromatic N) is 5. The number of carbonyl (C=O) groups excluding carboxylic acids is 1. The van der Waals surface area contributed by atoms with Gasteiger partial charge < -0.3 is 4.74 Å². The monoisotopic (exact) mass is 405 g/mol. The van der Waals surface area contributed by atoms with Crippen LogP contribution in [-0.4, -0.2) is 45.1 Å². The molecule has 29 heavy (non-hydrogen) atoms. The predicted octanol–water partition coefficient (Wildman–Crippen LogP) is 3.70. The molecule has 0 aliphatic carbocycles. The van der Waals surface area contributed by atoms with Gasteiger partial charge in [-0.2, -0.15) is 9.90 Å². The molecule has 5 rings (SSSR count). The second-order valence-corrected chi connectivity index (χ2v) is 7.88. The Labute approximate surface area is 171 Å². The summed E-state index contributed by atoms with van der Waals surface area (Å²) in [5.41, 5.74) is 1.97. The van der Waals surface area contributed by atoms with Crippen LogP contribution in [-0.2, 0) is 4.74 Å². The van der Waals surface area contributed by atoms with E-state index >= 15 is 0 Å². The molecule has 1 amide bonds. The molecule has 1 atom stereocenters. The number of fused-ring (bicyclic) bond motifs is 1. The topological polar surface area (TPSA) is 73.1 Å². The average Bonchev–Trinajstić information content (AvgIpc) is 3.52. The van der Waals surface area contributed by atoms with Crippen molar-refractivity contribution in [1.29, 1.82) is 0 Å². The fourth-order valence-electron chi connectivity index (χ4n) is 3.40. The van der Waals surface area contributed by atoms with Gasteiger partial charge in [-0.05, 0) is 37.1 Å². The van der Waals surface area contributed by atoms with Crippen molar-refractivity contribution in [2.75, 3.05) is 18.1 Å². The molecule has 1 aliphatic rings. The van der Waals surface area contributed by atoms with E-state index in [9.17, 15) is 4.79 Å². The third-order valence-electron chi connectivity index (χ3n) is 4.87. The molecule has 7 nitrogen and oxygen atoms in total. The maximum Gasteiger partial charge on any atom is 0.282 e. The van der Waals surface area contributed by atoms with E-state index in [1.807, 2.05) is 54.6 Å². The highest BCUT2D eigenvalue weighted by atomic mass is 32.1. The highest BCUT2D eigenvalue weighted by Crippen LogP contribution is 2.30. The Balaban J connectivity index is 1.48. The zero-order valence-corrected chi connectivity index (χ0v) is 16.5. The molecule has 2 aromatic carbocycles. The molecule has 0 unspecified atom stereocenters. The molecule has 0 radical (unpaired) electrons. The smallest absolute Gasteiger partial charge is 0.282 e. The number of anilines is 1. The Morgan fingerprint density at radius 3 is 2.79 bits per heavy atom.